The fraction of sp³-hybridized carbons (Fsp3) is 0.400. The molecule has 1 aromatic carbocycles. The average Bonchev–Trinajstić information content (AvgIpc) is 2.96. The third-order valence-corrected chi connectivity index (χ3v) is 4.14. The zero-order chi connectivity index (χ0) is 14.8. The molecule has 6 nitrogen and oxygen atoms in total. The van der Waals surface area contributed by atoms with Gasteiger partial charge in [-0.05, 0) is 37.8 Å². The van der Waals surface area contributed by atoms with Gasteiger partial charge in [-0.1, -0.05) is 6.07 Å². The molecule has 0 atom stereocenters. The number of amides is 1. The number of hydrogen-bond acceptors (Lipinski definition) is 3. The van der Waals surface area contributed by atoms with E-state index in [2.05, 4.69) is 15.5 Å². The van der Waals surface area contributed by atoms with Gasteiger partial charge in [0, 0.05) is 11.4 Å². The molecule has 1 saturated carbocycles. The molecule has 3 N–H and O–H groups in total. The van der Waals surface area contributed by atoms with E-state index in [9.17, 15) is 9.59 Å². The minimum Gasteiger partial charge on any atom is -0.481 e. The third kappa shape index (κ3) is 2.74. The number of fused-ring (bicyclic) bond motifs is 1. The van der Waals surface area contributed by atoms with Crippen LogP contribution < -0.4 is 5.32 Å². The molecule has 1 aliphatic carbocycles. The van der Waals surface area contributed by atoms with Crippen LogP contribution in [0.15, 0.2) is 24.4 Å². The summed E-state index contributed by atoms with van der Waals surface area (Å²) >= 11 is 0. The average molecular weight is 287 g/mol. The molecular weight excluding hydrogens is 270 g/mol. The lowest BCUT2D eigenvalue weighted by atomic mass is 9.86. The Morgan fingerprint density at radius 2 is 2.00 bits per heavy atom. The predicted octanol–water partition coefficient (Wildman–Crippen LogP) is 1.94. The Balaban J connectivity index is 1.67. The summed E-state index contributed by atoms with van der Waals surface area (Å²) in [4.78, 5) is 23.3. The topological polar surface area (TPSA) is 95.1 Å². The van der Waals surface area contributed by atoms with Gasteiger partial charge >= 0.3 is 5.97 Å². The van der Waals surface area contributed by atoms with Crippen LogP contribution in [-0.4, -0.2) is 33.2 Å². The van der Waals surface area contributed by atoms with Gasteiger partial charge in [0.1, 0.15) is 0 Å². The first kappa shape index (κ1) is 13.6. The molecular formula is C15H17N3O3. The zero-order valence-electron chi connectivity index (χ0n) is 11.5. The van der Waals surface area contributed by atoms with E-state index in [1.807, 2.05) is 12.1 Å². The highest BCUT2D eigenvalue weighted by molar-refractivity contribution is 6.06. The molecule has 0 saturated heterocycles. The fourth-order valence-corrected chi connectivity index (χ4v) is 2.91. The minimum absolute atomic E-state index is 0.0512. The van der Waals surface area contributed by atoms with Gasteiger partial charge < -0.3 is 10.4 Å². The summed E-state index contributed by atoms with van der Waals surface area (Å²) in [5.74, 6) is -1.13. The van der Waals surface area contributed by atoms with E-state index in [1.54, 1.807) is 12.3 Å². The number of aliphatic carboxylic acids is 1. The molecule has 0 bridgehead atoms. The van der Waals surface area contributed by atoms with Gasteiger partial charge in [-0.3, -0.25) is 14.7 Å². The molecule has 1 aliphatic rings. The number of carboxylic acids is 1. The molecule has 1 fully saturated rings. The maximum atomic E-state index is 12.4. The maximum absolute atomic E-state index is 12.4. The van der Waals surface area contributed by atoms with E-state index < -0.39 is 5.97 Å². The number of hydrogen-bond donors (Lipinski definition) is 3. The molecule has 0 spiro atoms. The van der Waals surface area contributed by atoms with Crippen molar-refractivity contribution in [1.82, 2.24) is 15.5 Å². The molecule has 0 radical (unpaired) electrons. The van der Waals surface area contributed by atoms with Gasteiger partial charge in [0.15, 0.2) is 0 Å². The number of benzene rings is 1. The standard InChI is InChI=1S/C15H17N3O3/c19-14(11-2-1-3-13-12(11)8-16-18-13)17-10-6-4-9(5-7-10)15(20)21/h1-3,8-10H,4-7H2,(H,16,18)(H,17,19)(H,20,21). The number of nitrogens with zero attached hydrogens (tertiary/aromatic N) is 1. The molecule has 6 heteroatoms. The number of carboxylic acid groups (broad SMARTS) is 1. The first-order valence-corrected chi connectivity index (χ1v) is 7.11. The number of rotatable bonds is 3. The van der Waals surface area contributed by atoms with Crippen LogP contribution in [0, 0.1) is 5.92 Å². The SMILES string of the molecule is O=C(NC1CCC(C(=O)O)CC1)c1cccc2[nH]ncc12. The Morgan fingerprint density at radius 1 is 1.24 bits per heavy atom. The molecule has 110 valence electrons. The lowest BCUT2D eigenvalue weighted by Gasteiger charge is -2.26. The molecule has 0 unspecified atom stereocenters. The van der Waals surface area contributed by atoms with E-state index in [0.717, 1.165) is 10.9 Å². The second-order valence-electron chi connectivity index (χ2n) is 5.50. The Kier molecular flexibility index (Phi) is 3.60. The van der Waals surface area contributed by atoms with Crippen molar-refractivity contribution < 1.29 is 14.7 Å². The van der Waals surface area contributed by atoms with Crippen molar-refractivity contribution in [3.63, 3.8) is 0 Å². The van der Waals surface area contributed by atoms with Crippen molar-refractivity contribution in [3.05, 3.63) is 30.0 Å². The maximum Gasteiger partial charge on any atom is 0.306 e. The van der Waals surface area contributed by atoms with E-state index in [1.165, 1.54) is 0 Å². The minimum atomic E-state index is -0.733. The molecule has 0 aliphatic heterocycles. The van der Waals surface area contributed by atoms with Crippen molar-refractivity contribution in [2.45, 2.75) is 31.7 Å². The highest BCUT2D eigenvalue weighted by atomic mass is 16.4. The van der Waals surface area contributed by atoms with Crippen LogP contribution in [0.1, 0.15) is 36.0 Å². The van der Waals surface area contributed by atoms with Crippen molar-refractivity contribution in [2.24, 2.45) is 5.92 Å². The Morgan fingerprint density at radius 3 is 2.71 bits per heavy atom. The van der Waals surface area contributed by atoms with Crippen molar-refractivity contribution in [1.29, 1.82) is 0 Å². The smallest absolute Gasteiger partial charge is 0.306 e. The fourth-order valence-electron chi connectivity index (χ4n) is 2.91. The van der Waals surface area contributed by atoms with E-state index in [4.69, 9.17) is 5.11 Å². The van der Waals surface area contributed by atoms with Crippen LogP contribution in [0.25, 0.3) is 10.9 Å². The van der Waals surface area contributed by atoms with E-state index >= 15 is 0 Å². The van der Waals surface area contributed by atoms with Gasteiger partial charge in [0.25, 0.3) is 5.91 Å². The van der Waals surface area contributed by atoms with Crippen LogP contribution >= 0.6 is 0 Å². The molecule has 3 rings (SSSR count). The third-order valence-electron chi connectivity index (χ3n) is 4.14. The first-order valence-electron chi connectivity index (χ1n) is 7.11. The van der Waals surface area contributed by atoms with Crippen molar-refractivity contribution in [3.8, 4) is 0 Å². The second-order valence-corrected chi connectivity index (χ2v) is 5.50. The lowest BCUT2D eigenvalue weighted by Crippen LogP contribution is -2.38. The summed E-state index contributed by atoms with van der Waals surface area (Å²) in [5.41, 5.74) is 1.43. The van der Waals surface area contributed by atoms with E-state index in [-0.39, 0.29) is 17.9 Å². The van der Waals surface area contributed by atoms with Gasteiger partial charge in [-0.25, -0.2) is 0 Å². The Hall–Kier alpha value is -2.37. The molecule has 1 amide bonds. The number of aromatic amines is 1. The normalized spacial score (nSPS) is 22.1. The highest BCUT2D eigenvalue weighted by Gasteiger charge is 2.27. The summed E-state index contributed by atoms with van der Waals surface area (Å²) < 4.78 is 0. The van der Waals surface area contributed by atoms with Crippen LogP contribution in [0.3, 0.4) is 0 Å². The van der Waals surface area contributed by atoms with Crippen molar-refractivity contribution >= 4 is 22.8 Å². The Bertz CT molecular complexity index is 672. The van der Waals surface area contributed by atoms with Crippen LogP contribution in [-0.2, 0) is 4.79 Å². The summed E-state index contributed by atoms with van der Waals surface area (Å²) in [7, 11) is 0. The van der Waals surface area contributed by atoms with Gasteiger partial charge in [-0.2, -0.15) is 5.10 Å². The molecule has 1 heterocycles. The van der Waals surface area contributed by atoms with Gasteiger partial charge in [0.2, 0.25) is 0 Å². The van der Waals surface area contributed by atoms with Crippen LogP contribution in [0.4, 0.5) is 0 Å². The molecule has 21 heavy (non-hydrogen) atoms. The lowest BCUT2D eigenvalue weighted by molar-refractivity contribution is -0.142. The quantitative estimate of drug-likeness (QED) is 0.804. The number of nitrogens with one attached hydrogen (secondary N) is 2. The number of carbonyl (C=O) groups excluding carboxylic acids is 1. The Labute approximate surface area is 121 Å². The zero-order valence-corrected chi connectivity index (χ0v) is 11.5. The van der Waals surface area contributed by atoms with Crippen molar-refractivity contribution in [2.75, 3.05) is 0 Å². The molecule has 1 aromatic heterocycles. The monoisotopic (exact) mass is 287 g/mol. The largest absolute Gasteiger partial charge is 0.481 e. The first-order chi connectivity index (χ1) is 10.1. The van der Waals surface area contributed by atoms with Gasteiger partial charge in [0.05, 0.1) is 23.2 Å². The summed E-state index contributed by atoms with van der Waals surface area (Å²) in [6.45, 7) is 0. The number of H-pyrrole nitrogens is 1. The second kappa shape index (κ2) is 5.55. The molecule has 2 aromatic rings. The highest BCUT2D eigenvalue weighted by Crippen LogP contribution is 2.25. The summed E-state index contributed by atoms with van der Waals surface area (Å²) in [5, 5.41) is 19.6. The van der Waals surface area contributed by atoms with Crippen LogP contribution in [0.5, 0.6) is 0 Å². The number of aromatic nitrogens is 2. The van der Waals surface area contributed by atoms with E-state index in [0.29, 0.717) is 31.2 Å². The summed E-state index contributed by atoms with van der Waals surface area (Å²) in [6, 6.07) is 5.51. The summed E-state index contributed by atoms with van der Waals surface area (Å²) in [6.07, 6.45) is 4.31. The van der Waals surface area contributed by atoms with Gasteiger partial charge in [-0.15, -0.1) is 0 Å². The number of carbonyl (C=O) groups is 2. The predicted molar refractivity (Wildman–Crippen MR) is 76.9 cm³/mol. The van der Waals surface area contributed by atoms with Crippen LogP contribution in [0.2, 0.25) is 0 Å².